The van der Waals surface area contributed by atoms with Gasteiger partial charge in [-0.25, -0.2) is 0 Å². The van der Waals surface area contributed by atoms with E-state index in [0.717, 1.165) is 35.5 Å². The second-order valence-corrected chi connectivity index (χ2v) is 8.82. The zero-order valence-corrected chi connectivity index (χ0v) is 19.8. The molecule has 0 bridgehead atoms. The van der Waals surface area contributed by atoms with Crippen molar-refractivity contribution >= 4 is 29.1 Å². The molecular weight excluding hydrogens is 431 g/mol. The Bertz CT molecular complexity index is 1030. The Morgan fingerprint density at radius 3 is 2.26 bits per heavy atom. The van der Waals surface area contributed by atoms with Crippen molar-refractivity contribution in [3.63, 3.8) is 0 Å². The van der Waals surface area contributed by atoms with Gasteiger partial charge in [-0.05, 0) is 76.3 Å². The fourth-order valence-electron chi connectivity index (χ4n) is 3.41. The number of halogens is 2. The predicted octanol–water partition coefficient (Wildman–Crippen LogP) is 5.28. The zero-order valence-electron chi connectivity index (χ0n) is 18.3. The van der Waals surface area contributed by atoms with Gasteiger partial charge in [-0.1, -0.05) is 47.5 Å². The molecule has 164 valence electrons. The number of nitrogens with one attached hydrogen (secondary N) is 1. The highest BCUT2D eigenvalue weighted by molar-refractivity contribution is 6.31. The Hall–Kier alpha value is -2.34. The topological polar surface area (TPSA) is 50.2 Å². The fraction of sp³-hybridized carbons (Fsp3) is 0.333. The number of nitrogens with zero attached hydrogens (tertiary/aromatic N) is 3. The van der Waals surface area contributed by atoms with Crippen molar-refractivity contribution < 1.29 is 4.79 Å². The molecule has 1 atom stereocenters. The van der Waals surface area contributed by atoms with E-state index in [0.29, 0.717) is 22.2 Å². The highest BCUT2D eigenvalue weighted by Gasteiger charge is 2.17. The summed E-state index contributed by atoms with van der Waals surface area (Å²) in [5, 5.41) is 9.02. The van der Waals surface area contributed by atoms with E-state index in [2.05, 4.69) is 15.3 Å². The molecule has 3 aromatic rings. The largest absolute Gasteiger partial charge is 0.345 e. The van der Waals surface area contributed by atoms with E-state index in [9.17, 15) is 4.79 Å². The van der Waals surface area contributed by atoms with Crippen LogP contribution < -0.4 is 5.32 Å². The third kappa shape index (κ3) is 6.10. The molecule has 1 N–H and O–H groups in total. The van der Waals surface area contributed by atoms with Crippen LogP contribution in [0.5, 0.6) is 0 Å². The number of benzene rings is 2. The van der Waals surface area contributed by atoms with Crippen molar-refractivity contribution in [2.75, 3.05) is 20.6 Å². The third-order valence-electron chi connectivity index (χ3n) is 5.28. The van der Waals surface area contributed by atoms with Gasteiger partial charge < -0.3 is 10.2 Å². The lowest BCUT2D eigenvalue weighted by Gasteiger charge is -2.21. The molecule has 2 aromatic carbocycles. The molecule has 0 aliphatic heterocycles. The summed E-state index contributed by atoms with van der Waals surface area (Å²) in [6, 6.07) is 15.1. The summed E-state index contributed by atoms with van der Waals surface area (Å²) < 4.78 is 1.88. The van der Waals surface area contributed by atoms with Crippen molar-refractivity contribution in [2.45, 2.75) is 32.9 Å². The second-order valence-electron chi connectivity index (χ2n) is 8.01. The number of aromatic nitrogens is 2. The molecule has 1 unspecified atom stereocenters. The molecule has 7 heteroatoms. The van der Waals surface area contributed by atoms with Gasteiger partial charge in [0.1, 0.15) is 0 Å². The molecule has 0 saturated heterocycles. The van der Waals surface area contributed by atoms with Crippen molar-refractivity contribution in [3.05, 3.63) is 86.7 Å². The summed E-state index contributed by atoms with van der Waals surface area (Å²) >= 11 is 12.3. The Labute approximate surface area is 194 Å². The van der Waals surface area contributed by atoms with Crippen LogP contribution in [0.1, 0.15) is 45.3 Å². The van der Waals surface area contributed by atoms with Gasteiger partial charge in [0.05, 0.1) is 29.0 Å². The smallest absolute Gasteiger partial charge is 0.251 e. The van der Waals surface area contributed by atoms with Crippen LogP contribution in [0.4, 0.5) is 0 Å². The number of amides is 1. The van der Waals surface area contributed by atoms with Crippen LogP contribution in [0.3, 0.4) is 0 Å². The highest BCUT2D eigenvalue weighted by Crippen LogP contribution is 2.22. The molecule has 1 amide bonds. The van der Waals surface area contributed by atoms with Gasteiger partial charge in [0.15, 0.2) is 0 Å². The third-order valence-corrected chi connectivity index (χ3v) is 6.08. The number of carbonyl (C=O) groups is 1. The van der Waals surface area contributed by atoms with Crippen LogP contribution in [-0.4, -0.2) is 41.2 Å². The molecule has 0 fully saturated rings. The molecule has 5 nitrogen and oxygen atoms in total. The van der Waals surface area contributed by atoms with Crippen molar-refractivity contribution in [2.24, 2.45) is 0 Å². The lowest BCUT2D eigenvalue weighted by molar-refractivity contribution is 0.0932. The first kappa shape index (κ1) is 23.3. The van der Waals surface area contributed by atoms with Crippen LogP contribution in [0.15, 0.2) is 48.5 Å². The van der Waals surface area contributed by atoms with E-state index in [1.807, 2.05) is 81.2 Å². The minimum atomic E-state index is -0.0978. The molecule has 0 aliphatic carbocycles. The lowest BCUT2D eigenvalue weighted by atomic mass is 10.0. The lowest BCUT2D eigenvalue weighted by Crippen LogP contribution is -2.31. The molecule has 1 aromatic heterocycles. The van der Waals surface area contributed by atoms with Gasteiger partial charge in [0, 0.05) is 10.6 Å². The maximum atomic E-state index is 12.9. The van der Waals surface area contributed by atoms with Crippen molar-refractivity contribution in [1.82, 2.24) is 20.0 Å². The molecule has 3 rings (SSSR count). The summed E-state index contributed by atoms with van der Waals surface area (Å²) in [6.07, 6.45) is 0.803. The van der Waals surface area contributed by atoms with Crippen molar-refractivity contribution in [1.29, 1.82) is 0 Å². The summed E-state index contributed by atoms with van der Waals surface area (Å²) in [5.74, 6) is -0.0978. The monoisotopic (exact) mass is 458 g/mol. The van der Waals surface area contributed by atoms with Gasteiger partial charge in [0.25, 0.3) is 5.91 Å². The fourth-order valence-corrected chi connectivity index (χ4v) is 3.67. The Morgan fingerprint density at radius 1 is 1.06 bits per heavy atom. The number of rotatable bonds is 8. The minimum absolute atomic E-state index is 0.0938. The highest BCUT2D eigenvalue weighted by atomic mass is 35.5. The Kier molecular flexibility index (Phi) is 7.76. The van der Waals surface area contributed by atoms with E-state index in [-0.39, 0.29) is 11.9 Å². The number of hydrogen-bond donors (Lipinski definition) is 1. The Morgan fingerprint density at radius 2 is 1.71 bits per heavy atom. The zero-order chi connectivity index (χ0) is 22.5. The van der Waals surface area contributed by atoms with Gasteiger partial charge in [0.2, 0.25) is 0 Å². The van der Waals surface area contributed by atoms with Crippen LogP contribution in [0, 0.1) is 13.8 Å². The molecule has 1 heterocycles. The van der Waals surface area contributed by atoms with Gasteiger partial charge in [-0.2, -0.15) is 5.10 Å². The number of aryl methyl sites for hydroxylation is 1. The maximum Gasteiger partial charge on any atom is 0.251 e. The summed E-state index contributed by atoms with van der Waals surface area (Å²) in [6.45, 7) is 5.32. The first-order chi connectivity index (χ1) is 14.7. The molecule has 0 radical (unpaired) electrons. The van der Waals surface area contributed by atoms with Crippen LogP contribution in [-0.2, 0) is 6.54 Å². The molecule has 31 heavy (non-hydrogen) atoms. The first-order valence-corrected chi connectivity index (χ1v) is 11.0. The summed E-state index contributed by atoms with van der Waals surface area (Å²) in [4.78, 5) is 15.0. The summed E-state index contributed by atoms with van der Waals surface area (Å²) in [5.41, 5.74) is 4.48. The van der Waals surface area contributed by atoms with Crippen LogP contribution in [0.2, 0.25) is 10.0 Å². The van der Waals surface area contributed by atoms with Gasteiger partial charge in [-0.15, -0.1) is 0 Å². The first-order valence-electron chi connectivity index (χ1n) is 10.2. The maximum absolute atomic E-state index is 12.9. The minimum Gasteiger partial charge on any atom is -0.345 e. The van der Waals surface area contributed by atoms with Crippen LogP contribution in [0.25, 0.3) is 0 Å². The summed E-state index contributed by atoms with van der Waals surface area (Å²) in [7, 11) is 4.05. The molecular formula is C24H28Cl2N4O. The van der Waals surface area contributed by atoms with E-state index in [1.165, 1.54) is 0 Å². The number of carbonyl (C=O) groups excluding carboxylic acids is 1. The van der Waals surface area contributed by atoms with E-state index >= 15 is 0 Å². The molecule has 0 saturated carbocycles. The normalized spacial score (nSPS) is 12.2. The van der Waals surface area contributed by atoms with Crippen molar-refractivity contribution in [3.8, 4) is 0 Å². The standard InChI is InChI=1S/C24H28Cl2N4O/c1-16-23(26)17(2)30(28-16)15-18-5-7-20(8-6-18)24(31)27-22(13-14-29(3)4)19-9-11-21(25)12-10-19/h5-12,22H,13-15H2,1-4H3,(H,27,31). The molecule has 0 spiro atoms. The van der Waals surface area contributed by atoms with E-state index in [4.69, 9.17) is 23.2 Å². The van der Waals surface area contributed by atoms with Gasteiger partial charge in [-0.3, -0.25) is 9.48 Å². The quantitative estimate of drug-likeness (QED) is 0.499. The number of hydrogen-bond acceptors (Lipinski definition) is 3. The van der Waals surface area contributed by atoms with Gasteiger partial charge >= 0.3 is 0 Å². The average molecular weight is 459 g/mol. The second kappa shape index (κ2) is 10.3. The van der Waals surface area contributed by atoms with E-state index in [1.54, 1.807) is 0 Å². The van der Waals surface area contributed by atoms with Crippen LogP contribution >= 0.6 is 23.2 Å². The average Bonchev–Trinajstić information content (AvgIpc) is 2.98. The van der Waals surface area contributed by atoms with E-state index < -0.39 is 0 Å². The Balaban J connectivity index is 1.71. The molecule has 0 aliphatic rings. The predicted molar refractivity (Wildman–Crippen MR) is 127 cm³/mol. The SMILES string of the molecule is Cc1nn(Cc2ccc(C(=O)NC(CCN(C)C)c3ccc(Cl)cc3)cc2)c(C)c1Cl.